The summed E-state index contributed by atoms with van der Waals surface area (Å²) in [7, 11) is 1.91. The van der Waals surface area contributed by atoms with Crippen LogP contribution in [0.2, 0.25) is 0 Å². The van der Waals surface area contributed by atoms with E-state index in [2.05, 4.69) is 32.9 Å². The van der Waals surface area contributed by atoms with Crippen LogP contribution in [0.4, 0.5) is 0 Å². The Kier molecular flexibility index (Phi) is 4.00. The molecule has 0 bridgehead atoms. The zero-order chi connectivity index (χ0) is 13.1. The largest absolute Gasteiger partial charge is 0.345 e. The number of aromatic nitrogens is 2. The van der Waals surface area contributed by atoms with E-state index in [-0.39, 0.29) is 5.91 Å². The third-order valence-corrected chi connectivity index (χ3v) is 4.20. The molecule has 0 atom stereocenters. The third-order valence-electron chi connectivity index (χ3n) is 2.76. The number of hydrogen-bond acceptors (Lipinski definition) is 2. The number of carbonyl (C=O) groups excluding carboxylic acids is 1. The Bertz CT molecular complexity index is 577. The summed E-state index contributed by atoms with van der Waals surface area (Å²) in [5, 5.41) is 2.88. The van der Waals surface area contributed by atoms with Crippen molar-refractivity contribution in [2.24, 2.45) is 7.05 Å². The number of imidazole rings is 1. The smallest absolute Gasteiger partial charge is 0.252 e. The van der Waals surface area contributed by atoms with Crippen molar-refractivity contribution in [3.63, 3.8) is 0 Å². The SMILES string of the molecule is Cc1cccc(C(=O)NCc2nccn2C)c1I. The summed E-state index contributed by atoms with van der Waals surface area (Å²) in [6.45, 7) is 2.43. The highest BCUT2D eigenvalue weighted by Crippen LogP contribution is 2.16. The van der Waals surface area contributed by atoms with Gasteiger partial charge in [0.05, 0.1) is 12.1 Å². The number of benzene rings is 1. The molecule has 1 heterocycles. The van der Waals surface area contributed by atoms with Gasteiger partial charge in [0.15, 0.2) is 0 Å². The molecule has 2 rings (SSSR count). The Morgan fingerprint density at radius 3 is 2.94 bits per heavy atom. The second-order valence-electron chi connectivity index (χ2n) is 4.07. The molecule has 0 saturated heterocycles. The van der Waals surface area contributed by atoms with E-state index in [0.29, 0.717) is 12.1 Å². The molecule has 0 aliphatic heterocycles. The average Bonchev–Trinajstić information content (AvgIpc) is 2.75. The predicted molar refractivity (Wildman–Crippen MR) is 78.3 cm³/mol. The lowest BCUT2D eigenvalue weighted by Gasteiger charge is -2.08. The topological polar surface area (TPSA) is 46.9 Å². The predicted octanol–water partition coefficient (Wildman–Crippen LogP) is 2.26. The maximum atomic E-state index is 12.1. The Morgan fingerprint density at radius 1 is 1.50 bits per heavy atom. The van der Waals surface area contributed by atoms with E-state index in [1.165, 1.54) is 0 Å². The van der Waals surface area contributed by atoms with Crippen molar-refractivity contribution in [2.75, 3.05) is 0 Å². The first-order chi connectivity index (χ1) is 8.59. The molecule has 0 aliphatic rings. The maximum absolute atomic E-state index is 12.1. The molecule has 2 aromatic rings. The van der Waals surface area contributed by atoms with Crippen LogP contribution in [0.3, 0.4) is 0 Å². The molecule has 5 heteroatoms. The number of nitrogens with one attached hydrogen (secondary N) is 1. The standard InChI is InChI=1S/C13H14IN3O/c1-9-4-3-5-10(12(9)14)13(18)16-8-11-15-6-7-17(11)2/h3-7H,8H2,1-2H3,(H,16,18). The van der Waals surface area contributed by atoms with E-state index in [4.69, 9.17) is 0 Å². The zero-order valence-corrected chi connectivity index (χ0v) is 12.4. The summed E-state index contributed by atoms with van der Waals surface area (Å²) in [6, 6.07) is 5.73. The van der Waals surface area contributed by atoms with Crippen molar-refractivity contribution in [1.29, 1.82) is 0 Å². The van der Waals surface area contributed by atoms with Gasteiger partial charge < -0.3 is 9.88 Å². The van der Waals surface area contributed by atoms with E-state index in [1.54, 1.807) is 6.20 Å². The number of rotatable bonds is 3. The van der Waals surface area contributed by atoms with E-state index >= 15 is 0 Å². The molecule has 0 aliphatic carbocycles. The minimum absolute atomic E-state index is 0.0638. The summed E-state index contributed by atoms with van der Waals surface area (Å²) in [6.07, 6.45) is 3.58. The normalized spacial score (nSPS) is 10.4. The van der Waals surface area contributed by atoms with Crippen LogP contribution >= 0.6 is 22.6 Å². The number of amides is 1. The second kappa shape index (κ2) is 5.51. The van der Waals surface area contributed by atoms with Gasteiger partial charge in [0.1, 0.15) is 5.82 Å². The maximum Gasteiger partial charge on any atom is 0.252 e. The van der Waals surface area contributed by atoms with E-state index in [9.17, 15) is 4.79 Å². The minimum Gasteiger partial charge on any atom is -0.345 e. The van der Waals surface area contributed by atoms with Gasteiger partial charge in [0, 0.05) is 23.0 Å². The third kappa shape index (κ3) is 2.72. The van der Waals surface area contributed by atoms with Crippen LogP contribution in [-0.2, 0) is 13.6 Å². The molecule has 0 radical (unpaired) electrons. The van der Waals surface area contributed by atoms with Crippen LogP contribution in [0, 0.1) is 10.5 Å². The highest BCUT2D eigenvalue weighted by molar-refractivity contribution is 14.1. The van der Waals surface area contributed by atoms with Crippen LogP contribution in [0.5, 0.6) is 0 Å². The van der Waals surface area contributed by atoms with Crippen molar-refractivity contribution < 1.29 is 4.79 Å². The van der Waals surface area contributed by atoms with Gasteiger partial charge in [-0.25, -0.2) is 4.98 Å². The monoisotopic (exact) mass is 355 g/mol. The second-order valence-corrected chi connectivity index (χ2v) is 5.15. The molecule has 18 heavy (non-hydrogen) atoms. The molecule has 1 aromatic heterocycles. The van der Waals surface area contributed by atoms with Crippen LogP contribution in [-0.4, -0.2) is 15.5 Å². The van der Waals surface area contributed by atoms with Crippen molar-refractivity contribution in [2.45, 2.75) is 13.5 Å². The summed E-state index contributed by atoms with van der Waals surface area (Å²) in [5.41, 5.74) is 1.82. The lowest BCUT2D eigenvalue weighted by Crippen LogP contribution is -2.25. The van der Waals surface area contributed by atoms with Crippen LogP contribution in [0.25, 0.3) is 0 Å². The fourth-order valence-electron chi connectivity index (χ4n) is 1.64. The Morgan fingerprint density at radius 2 is 2.28 bits per heavy atom. The van der Waals surface area contributed by atoms with Crippen LogP contribution in [0.1, 0.15) is 21.7 Å². The Labute approximate surface area is 120 Å². The zero-order valence-electron chi connectivity index (χ0n) is 10.3. The summed E-state index contributed by atoms with van der Waals surface area (Å²) in [5.74, 6) is 0.775. The average molecular weight is 355 g/mol. The molecule has 1 aromatic carbocycles. The molecule has 94 valence electrons. The lowest BCUT2D eigenvalue weighted by molar-refractivity contribution is 0.0948. The number of hydrogen-bond donors (Lipinski definition) is 1. The van der Waals surface area contributed by atoms with E-state index in [0.717, 1.165) is 15.0 Å². The Balaban J connectivity index is 2.09. The molecule has 1 N–H and O–H groups in total. The van der Waals surface area contributed by atoms with Crippen LogP contribution in [0.15, 0.2) is 30.6 Å². The van der Waals surface area contributed by atoms with Crippen LogP contribution < -0.4 is 5.32 Å². The van der Waals surface area contributed by atoms with Gasteiger partial charge in [-0.2, -0.15) is 0 Å². The fraction of sp³-hybridized carbons (Fsp3) is 0.231. The molecule has 1 amide bonds. The molecule has 0 saturated carbocycles. The molecular weight excluding hydrogens is 341 g/mol. The molecule has 0 spiro atoms. The van der Waals surface area contributed by atoms with Gasteiger partial charge in [-0.15, -0.1) is 0 Å². The van der Waals surface area contributed by atoms with E-state index < -0.39 is 0 Å². The summed E-state index contributed by atoms with van der Waals surface area (Å²) < 4.78 is 2.88. The number of carbonyl (C=O) groups is 1. The number of halogens is 1. The lowest BCUT2D eigenvalue weighted by atomic mass is 10.1. The number of nitrogens with zero attached hydrogens (tertiary/aromatic N) is 2. The van der Waals surface area contributed by atoms with Crippen molar-refractivity contribution in [3.8, 4) is 0 Å². The first-order valence-electron chi connectivity index (χ1n) is 5.59. The summed E-state index contributed by atoms with van der Waals surface area (Å²) in [4.78, 5) is 16.2. The molecular formula is C13H14IN3O. The first-order valence-corrected chi connectivity index (χ1v) is 6.67. The van der Waals surface area contributed by atoms with Gasteiger partial charge in [0.2, 0.25) is 0 Å². The quantitative estimate of drug-likeness (QED) is 0.859. The summed E-state index contributed by atoms with van der Waals surface area (Å²) >= 11 is 2.20. The molecule has 4 nitrogen and oxygen atoms in total. The molecule has 0 unspecified atom stereocenters. The fourth-order valence-corrected chi connectivity index (χ4v) is 2.25. The first kappa shape index (κ1) is 13.1. The van der Waals surface area contributed by atoms with Gasteiger partial charge >= 0.3 is 0 Å². The highest BCUT2D eigenvalue weighted by Gasteiger charge is 2.11. The minimum atomic E-state index is -0.0638. The van der Waals surface area contributed by atoms with E-state index in [1.807, 2.05) is 42.9 Å². The van der Waals surface area contributed by atoms with Crippen molar-refractivity contribution in [1.82, 2.24) is 14.9 Å². The van der Waals surface area contributed by atoms with Gasteiger partial charge in [-0.05, 0) is 41.1 Å². The Hall–Kier alpha value is -1.37. The molecule has 0 fully saturated rings. The van der Waals surface area contributed by atoms with Crippen molar-refractivity contribution in [3.05, 3.63) is 51.1 Å². The van der Waals surface area contributed by atoms with Gasteiger partial charge in [-0.3, -0.25) is 4.79 Å². The van der Waals surface area contributed by atoms with Gasteiger partial charge in [0.25, 0.3) is 5.91 Å². The van der Waals surface area contributed by atoms with Gasteiger partial charge in [-0.1, -0.05) is 12.1 Å². The highest BCUT2D eigenvalue weighted by atomic mass is 127. The van der Waals surface area contributed by atoms with Crippen molar-refractivity contribution >= 4 is 28.5 Å². The number of aryl methyl sites for hydroxylation is 2.